The highest BCUT2D eigenvalue weighted by Gasteiger charge is 2.15. The third-order valence-electron chi connectivity index (χ3n) is 2.04. The summed E-state index contributed by atoms with van der Waals surface area (Å²) < 4.78 is 0. The van der Waals surface area contributed by atoms with E-state index in [0.29, 0.717) is 6.42 Å². The first-order chi connectivity index (χ1) is 6.12. The summed E-state index contributed by atoms with van der Waals surface area (Å²) in [5, 5.41) is 18.2. The molecule has 78 valence electrons. The van der Waals surface area contributed by atoms with E-state index in [1.165, 1.54) is 19.3 Å². The van der Waals surface area contributed by atoms with Crippen LogP contribution in [0.1, 0.15) is 46.0 Å². The van der Waals surface area contributed by atoms with Gasteiger partial charge in [0.1, 0.15) is 0 Å². The third kappa shape index (κ3) is 8.00. The van der Waals surface area contributed by atoms with Gasteiger partial charge in [-0.2, -0.15) is 0 Å². The van der Waals surface area contributed by atoms with E-state index in [0.717, 1.165) is 6.42 Å². The van der Waals surface area contributed by atoms with Crippen LogP contribution >= 0.6 is 0 Å². The number of unbranched alkanes of at least 4 members (excludes halogenated alkanes) is 3. The van der Waals surface area contributed by atoms with E-state index >= 15 is 0 Å². The van der Waals surface area contributed by atoms with Crippen molar-refractivity contribution in [3.63, 3.8) is 0 Å². The monoisotopic (exact) mass is 186 g/mol. The number of hydrogen-bond acceptors (Lipinski definition) is 2. The van der Waals surface area contributed by atoms with Gasteiger partial charge in [-0.1, -0.05) is 31.9 Å². The molecular weight excluding hydrogens is 164 g/mol. The van der Waals surface area contributed by atoms with Crippen LogP contribution < -0.4 is 0 Å². The van der Waals surface area contributed by atoms with Crippen LogP contribution in [0.5, 0.6) is 0 Å². The summed E-state index contributed by atoms with van der Waals surface area (Å²) in [6.45, 7) is 3.65. The van der Waals surface area contributed by atoms with Gasteiger partial charge in [-0.15, -0.1) is 0 Å². The molecule has 0 aromatic rings. The van der Waals surface area contributed by atoms with Crippen molar-refractivity contribution in [3.05, 3.63) is 12.2 Å². The van der Waals surface area contributed by atoms with E-state index in [1.807, 2.05) is 6.08 Å². The molecule has 0 aliphatic rings. The maximum Gasteiger partial charge on any atom is 0.0883 e. The van der Waals surface area contributed by atoms with E-state index in [4.69, 9.17) is 5.11 Å². The number of hydrogen-bond donors (Lipinski definition) is 2. The molecule has 0 saturated carbocycles. The Kier molecular flexibility index (Phi) is 6.92. The predicted octanol–water partition coefficient (Wildman–Crippen LogP) is 2.26. The van der Waals surface area contributed by atoms with E-state index < -0.39 is 5.60 Å². The highest BCUT2D eigenvalue weighted by atomic mass is 16.3. The minimum Gasteiger partial charge on any atom is -0.393 e. The van der Waals surface area contributed by atoms with E-state index in [-0.39, 0.29) is 6.61 Å². The fourth-order valence-electron chi connectivity index (χ4n) is 1.03. The van der Waals surface area contributed by atoms with Crippen LogP contribution in [0.3, 0.4) is 0 Å². The van der Waals surface area contributed by atoms with Crippen LogP contribution in [0.4, 0.5) is 0 Å². The lowest BCUT2D eigenvalue weighted by Crippen LogP contribution is -2.27. The highest BCUT2D eigenvalue weighted by Crippen LogP contribution is 2.09. The summed E-state index contributed by atoms with van der Waals surface area (Å²) in [6.07, 6.45) is 9.37. The first kappa shape index (κ1) is 12.7. The highest BCUT2D eigenvalue weighted by molar-refractivity contribution is 4.88. The summed E-state index contributed by atoms with van der Waals surface area (Å²) in [5.74, 6) is 0. The molecule has 0 aromatic heterocycles. The molecule has 13 heavy (non-hydrogen) atoms. The van der Waals surface area contributed by atoms with Crippen LogP contribution in [-0.2, 0) is 0 Å². The van der Waals surface area contributed by atoms with Crippen LogP contribution in [0.15, 0.2) is 12.2 Å². The largest absolute Gasteiger partial charge is 0.393 e. The second kappa shape index (κ2) is 7.10. The maximum atomic E-state index is 9.42. The SMILES string of the molecule is CCCCC/C=C\C[C@@](C)(O)CO. The summed E-state index contributed by atoms with van der Waals surface area (Å²) in [6, 6.07) is 0. The molecule has 0 amide bonds. The zero-order valence-corrected chi connectivity index (χ0v) is 8.79. The fourth-order valence-corrected chi connectivity index (χ4v) is 1.03. The van der Waals surface area contributed by atoms with Crippen LogP contribution in [-0.4, -0.2) is 22.4 Å². The Morgan fingerprint density at radius 2 is 1.92 bits per heavy atom. The first-order valence-electron chi connectivity index (χ1n) is 5.10. The van der Waals surface area contributed by atoms with Crippen molar-refractivity contribution >= 4 is 0 Å². The molecule has 1 atom stereocenters. The van der Waals surface area contributed by atoms with Gasteiger partial charge >= 0.3 is 0 Å². The number of allylic oxidation sites excluding steroid dienone is 1. The van der Waals surface area contributed by atoms with Gasteiger partial charge in [0.15, 0.2) is 0 Å². The van der Waals surface area contributed by atoms with Crippen molar-refractivity contribution in [1.29, 1.82) is 0 Å². The zero-order chi connectivity index (χ0) is 10.2. The van der Waals surface area contributed by atoms with Crippen molar-refractivity contribution in [2.75, 3.05) is 6.61 Å². The lowest BCUT2D eigenvalue weighted by Gasteiger charge is -2.17. The second-order valence-corrected chi connectivity index (χ2v) is 3.83. The maximum absolute atomic E-state index is 9.42. The zero-order valence-electron chi connectivity index (χ0n) is 8.79. The minimum atomic E-state index is -0.943. The molecule has 0 unspecified atom stereocenters. The fraction of sp³-hybridized carbons (Fsp3) is 0.818. The summed E-state index contributed by atoms with van der Waals surface area (Å²) in [5.41, 5.74) is -0.943. The molecule has 2 N–H and O–H groups in total. The summed E-state index contributed by atoms with van der Waals surface area (Å²) in [7, 11) is 0. The lowest BCUT2D eigenvalue weighted by atomic mass is 10.0. The van der Waals surface area contributed by atoms with Crippen LogP contribution in [0, 0.1) is 0 Å². The first-order valence-corrected chi connectivity index (χ1v) is 5.10. The third-order valence-corrected chi connectivity index (χ3v) is 2.04. The Balaban J connectivity index is 3.40. The van der Waals surface area contributed by atoms with Gasteiger partial charge in [0.25, 0.3) is 0 Å². The van der Waals surface area contributed by atoms with Gasteiger partial charge in [0, 0.05) is 0 Å². The molecule has 2 heteroatoms. The quantitative estimate of drug-likeness (QED) is 0.473. The Morgan fingerprint density at radius 3 is 2.46 bits per heavy atom. The molecule has 0 spiro atoms. The summed E-state index contributed by atoms with van der Waals surface area (Å²) >= 11 is 0. The Morgan fingerprint density at radius 1 is 1.23 bits per heavy atom. The van der Waals surface area contributed by atoms with E-state index in [1.54, 1.807) is 6.92 Å². The Bertz CT molecular complexity index is 139. The van der Waals surface area contributed by atoms with E-state index in [2.05, 4.69) is 13.0 Å². The number of aliphatic hydroxyl groups excluding tert-OH is 1. The Hall–Kier alpha value is -0.340. The molecule has 0 saturated heterocycles. The van der Waals surface area contributed by atoms with Crippen molar-refractivity contribution < 1.29 is 10.2 Å². The van der Waals surface area contributed by atoms with Gasteiger partial charge in [0.2, 0.25) is 0 Å². The van der Waals surface area contributed by atoms with Crippen molar-refractivity contribution in [2.45, 2.75) is 51.6 Å². The molecule has 0 heterocycles. The second-order valence-electron chi connectivity index (χ2n) is 3.83. The average molecular weight is 186 g/mol. The number of aliphatic hydroxyl groups is 2. The predicted molar refractivity (Wildman–Crippen MR) is 55.6 cm³/mol. The molecule has 0 aliphatic carbocycles. The number of rotatable bonds is 7. The normalized spacial score (nSPS) is 16.3. The Labute approximate surface area is 81.3 Å². The van der Waals surface area contributed by atoms with E-state index in [9.17, 15) is 5.11 Å². The standard InChI is InChI=1S/C11H22O2/c1-3-4-5-6-7-8-9-11(2,13)10-12/h7-8,12-13H,3-6,9-10H2,1-2H3/b8-7-/t11-/m1/s1. The van der Waals surface area contributed by atoms with Gasteiger partial charge in [-0.05, 0) is 26.2 Å². The van der Waals surface area contributed by atoms with Gasteiger partial charge in [-0.3, -0.25) is 0 Å². The molecule has 0 aliphatic heterocycles. The smallest absolute Gasteiger partial charge is 0.0883 e. The lowest BCUT2D eigenvalue weighted by molar-refractivity contribution is 0.00447. The molecule has 0 rings (SSSR count). The molecule has 0 bridgehead atoms. The van der Waals surface area contributed by atoms with Gasteiger partial charge < -0.3 is 10.2 Å². The van der Waals surface area contributed by atoms with Gasteiger partial charge in [0.05, 0.1) is 12.2 Å². The summed E-state index contributed by atoms with van der Waals surface area (Å²) in [4.78, 5) is 0. The molecule has 2 nitrogen and oxygen atoms in total. The van der Waals surface area contributed by atoms with Crippen molar-refractivity contribution in [2.24, 2.45) is 0 Å². The molecular formula is C11H22O2. The molecule has 0 fully saturated rings. The topological polar surface area (TPSA) is 40.5 Å². The van der Waals surface area contributed by atoms with Crippen molar-refractivity contribution in [3.8, 4) is 0 Å². The molecule has 0 radical (unpaired) electrons. The van der Waals surface area contributed by atoms with Crippen molar-refractivity contribution in [1.82, 2.24) is 0 Å². The van der Waals surface area contributed by atoms with Crippen LogP contribution in [0.2, 0.25) is 0 Å². The average Bonchev–Trinajstić information content (AvgIpc) is 2.11. The molecule has 0 aromatic carbocycles. The van der Waals surface area contributed by atoms with Crippen LogP contribution in [0.25, 0.3) is 0 Å². The van der Waals surface area contributed by atoms with Gasteiger partial charge in [-0.25, -0.2) is 0 Å². The minimum absolute atomic E-state index is 0.174.